The van der Waals surface area contributed by atoms with Crippen LogP contribution in [-0.4, -0.2) is 32.5 Å². The Morgan fingerprint density at radius 1 is 1.50 bits per heavy atom. The second-order valence-electron chi connectivity index (χ2n) is 5.81. The number of ether oxygens (including phenoxy) is 2. The van der Waals surface area contributed by atoms with Gasteiger partial charge in [-0.25, -0.2) is 0 Å². The lowest BCUT2D eigenvalue weighted by molar-refractivity contribution is -0.0204. The maximum atomic E-state index is 6.39. The Labute approximate surface area is 117 Å². The van der Waals surface area contributed by atoms with Crippen LogP contribution >= 0.6 is 11.6 Å². The van der Waals surface area contributed by atoms with Gasteiger partial charge in [-0.3, -0.25) is 0 Å². The van der Waals surface area contributed by atoms with E-state index < -0.39 is 8.07 Å². The summed E-state index contributed by atoms with van der Waals surface area (Å²) in [6, 6.07) is 0. The summed E-state index contributed by atoms with van der Waals surface area (Å²) in [6.07, 6.45) is 5.54. The van der Waals surface area contributed by atoms with E-state index in [0.29, 0.717) is 6.61 Å². The molecule has 3 unspecified atom stereocenters. The summed E-state index contributed by atoms with van der Waals surface area (Å²) in [7, 11) is -1.23. The molecule has 3 atom stereocenters. The lowest BCUT2D eigenvalue weighted by Crippen LogP contribution is -2.27. The zero-order valence-corrected chi connectivity index (χ0v) is 13.7. The van der Waals surface area contributed by atoms with Gasteiger partial charge in [-0.05, 0) is 25.8 Å². The van der Waals surface area contributed by atoms with Crippen LogP contribution in [0.2, 0.25) is 19.6 Å². The maximum Gasteiger partial charge on any atom is 0.177 e. The van der Waals surface area contributed by atoms with Crippen molar-refractivity contribution in [1.82, 2.24) is 0 Å². The Bertz CT molecular complexity index is 309. The van der Waals surface area contributed by atoms with Gasteiger partial charge in [-0.2, -0.15) is 0 Å². The van der Waals surface area contributed by atoms with Gasteiger partial charge in [0.15, 0.2) is 6.29 Å². The van der Waals surface area contributed by atoms with Gasteiger partial charge in [-0.1, -0.05) is 30.9 Å². The Balaban J connectivity index is 2.34. The van der Waals surface area contributed by atoms with Gasteiger partial charge in [0.25, 0.3) is 0 Å². The minimum Gasteiger partial charge on any atom is -0.346 e. The smallest absolute Gasteiger partial charge is 0.177 e. The lowest BCUT2D eigenvalue weighted by Gasteiger charge is -2.22. The van der Waals surface area contributed by atoms with Crippen molar-refractivity contribution in [2.24, 2.45) is 0 Å². The van der Waals surface area contributed by atoms with Gasteiger partial charge >= 0.3 is 0 Å². The van der Waals surface area contributed by atoms with Gasteiger partial charge in [0.05, 0.1) is 20.1 Å². The third-order valence-electron chi connectivity index (χ3n) is 3.27. The fourth-order valence-electron chi connectivity index (χ4n) is 1.76. The van der Waals surface area contributed by atoms with E-state index in [-0.39, 0.29) is 17.8 Å². The van der Waals surface area contributed by atoms with Gasteiger partial charge in [0.1, 0.15) is 6.10 Å². The molecule has 1 saturated heterocycles. The largest absolute Gasteiger partial charge is 0.346 e. The average Bonchev–Trinajstić information content (AvgIpc) is 2.73. The average molecular weight is 289 g/mol. The normalized spacial score (nSPS) is 26.7. The van der Waals surface area contributed by atoms with Crippen LogP contribution in [0.15, 0.2) is 23.9 Å². The summed E-state index contributed by atoms with van der Waals surface area (Å²) in [5.74, 6) is 0. The number of allylic oxidation sites excluding steroid dienone is 2. The Morgan fingerprint density at radius 2 is 2.17 bits per heavy atom. The van der Waals surface area contributed by atoms with E-state index in [9.17, 15) is 0 Å². The molecule has 18 heavy (non-hydrogen) atoms. The van der Waals surface area contributed by atoms with Crippen LogP contribution in [0.1, 0.15) is 19.8 Å². The van der Waals surface area contributed by atoms with Gasteiger partial charge in [0, 0.05) is 0 Å². The summed E-state index contributed by atoms with van der Waals surface area (Å²) < 4.78 is 11.2. The molecule has 0 saturated carbocycles. The number of hydrogen-bond donors (Lipinski definition) is 0. The number of halogens is 1. The predicted molar refractivity (Wildman–Crippen MR) is 80.8 cm³/mol. The maximum absolute atomic E-state index is 6.39. The molecule has 0 radical (unpaired) electrons. The molecule has 0 spiro atoms. The van der Waals surface area contributed by atoms with E-state index in [0.717, 1.165) is 12.8 Å². The van der Waals surface area contributed by atoms with Gasteiger partial charge in [-0.15, -0.1) is 18.2 Å². The highest BCUT2D eigenvalue weighted by Crippen LogP contribution is 2.25. The van der Waals surface area contributed by atoms with E-state index in [1.54, 1.807) is 0 Å². The zero-order valence-electron chi connectivity index (χ0n) is 11.9. The molecule has 0 bridgehead atoms. The van der Waals surface area contributed by atoms with E-state index in [1.807, 2.05) is 19.1 Å². The van der Waals surface area contributed by atoms with E-state index >= 15 is 0 Å². The monoisotopic (exact) mass is 288 g/mol. The third kappa shape index (κ3) is 4.88. The van der Waals surface area contributed by atoms with E-state index in [2.05, 4.69) is 26.2 Å². The van der Waals surface area contributed by atoms with Gasteiger partial charge in [0.2, 0.25) is 0 Å². The van der Waals surface area contributed by atoms with E-state index in [1.165, 1.54) is 5.20 Å². The molecule has 0 amide bonds. The molecule has 1 fully saturated rings. The molecule has 1 rings (SSSR count). The molecule has 0 aromatic heterocycles. The first-order valence-corrected chi connectivity index (χ1v) is 10.5. The number of rotatable bonds is 6. The second kappa shape index (κ2) is 6.90. The highest BCUT2D eigenvalue weighted by molar-refractivity contribution is 6.82. The lowest BCUT2D eigenvalue weighted by atomic mass is 10.1. The van der Waals surface area contributed by atoms with Crippen LogP contribution in [0.25, 0.3) is 0 Å². The van der Waals surface area contributed by atoms with Crippen molar-refractivity contribution in [3.05, 3.63) is 23.9 Å². The van der Waals surface area contributed by atoms with E-state index in [4.69, 9.17) is 21.1 Å². The molecule has 1 aliphatic rings. The molecule has 0 aromatic rings. The Morgan fingerprint density at radius 3 is 2.72 bits per heavy atom. The number of hydrogen-bond acceptors (Lipinski definition) is 2. The SMILES string of the molecule is C=C(CCC(Cl)C1COC(/C=C\C)O1)[Si](C)(C)C. The summed E-state index contributed by atoms with van der Waals surface area (Å²) in [4.78, 5) is 0. The van der Waals surface area contributed by atoms with Crippen LogP contribution in [0, 0.1) is 0 Å². The molecule has 4 heteroatoms. The van der Waals surface area contributed by atoms with Crippen molar-refractivity contribution < 1.29 is 9.47 Å². The highest BCUT2D eigenvalue weighted by atomic mass is 35.5. The molecule has 1 heterocycles. The van der Waals surface area contributed by atoms with Crippen LogP contribution in [0.4, 0.5) is 0 Å². The standard InChI is InChI=1S/C14H25ClO2Si/c1-6-7-14-16-10-13(17-14)12(15)9-8-11(2)18(3,4)5/h6-7,12-14H,2,8-10H2,1,3-5H3/b7-6-. The van der Waals surface area contributed by atoms with Crippen molar-refractivity contribution in [1.29, 1.82) is 0 Å². The second-order valence-corrected chi connectivity index (χ2v) is 11.6. The van der Waals surface area contributed by atoms with Crippen LogP contribution in [-0.2, 0) is 9.47 Å². The van der Waals surface area contributed by atoms with Crippen molar-refractivity contribution in [2.75, 3.05) is 6.61 Å². The first kappa shape index (κ1) is 16.0. The van der Waals surface area contributed by atoms with Crippen LogP contribution in [0.5, 0.6) is 0 Å². The topological polar surface area (TPSA) is 18.5 Å². The summed E-state index contributed by atoms with van der Waals surface area (Å²) >= 11 is 6.39. The molecular weight excluding hydrogens is 264 g/mol. The minimum absolute atomic E-state index is 0.00213. The summed E-state index contributed by atoms with van der Waals surface area (Å²) in [5.41, 5.74) is 0. The highest BCUT2D eigenvalue weighted by Gasteiger charge is 2.30. The fourth-order valence-corrected chi connectivity index (χ4v) is 2.90. The van der Waals surface area contributed by atoms with Crippen molar-refractivity contribution in [3.63, 3.8) is 0 Å². The van der Waals surface area contributed by atoms with Crippen LogP contribution in [0.3, 0.4) is 0 Å². The molecule has 104 valence electrons. The molecule has 0 aromatic carbocycles. The Kier molecular flexibility index (Phi) is 6.12. The minimum atomic E-state index is -1.23. The third-order valence-corrected chi connectivity index (χ3v) is 6.14. The van der Waals surface area contributed by atoms with Crippen LogP contribution < -0.4 is 0 Å². The Hall–Kier alpha value is -0.0931. The van der Waals surface area contributed by atoms with Crippen molar-refractivity contribution in [2.45, 2.75) is 57.2 Å². The first-order chi connectivity index (χ1) is 8.34. The van der Waals surface area contributed by atoms with Crippen molar-refractivity contribution in [3.8, 4) is 0 Å². The molecular formula is C14H25ClO2Si. The zero-order chi connectivity index (χ0) is 13.8. The fraction of sp³-hybridized carbons (Fsp3) is 0.714. The first-order valence-electron chi connectivity index (χ1n) is 6.56. The summed E-state index contributed by atoms with van der Waals surface area (Å²) in [6.45, 7) is 13.7. The predicted octanol–water partition coefficient (Wildman–Crippen LogP) is 4.13. The van der Waals surface area contributed by atoms with Crippen molar-refractivity contribution >= 4 is 19.7 Å². The van der Waals surface area contributed by atoms with Gasteiger partial charge < -0.3 is 9.47 Å². The molecule has 0 N–H and O–H groups in total. The quantitative estimate of drug-likeness (QED) is 0.416. The molecule has 0 aliphatic carbocycles. The molecule has 2 nitrogen and oxygen atoms in total. The summed E-state index contributed by atoms with van der Waals surface area (Å²) in [5, 5.41) is 1.38. The number of alkyl halides is 1. The molecule has 1 aliphatic heterocycles.